The van der Waals surface area contributed by atoms with Crippen molar-refractivity contribution >= 4 is 33.2 Å². The van der Waals surface area contributed by atoms with Gasteiger partial charge in [-0.3, -0.25) is 4.79 Å². The topological polar surface area (TPSA) is 103 Å². The number of hydrogen-bond donors (Lipinski definition) is 2. The molecule has 2 atom stereocenters. The second kappa shape index (κ2) is 12.0. The van der Waals surface area contributed by atoms with E-state index >= 15 is 0 Å². The molecule has 1 aliphatic heterocycles. The summed E-state index contributed by atoms with van der Waals surface area (Å²) in [5.74, 6) is 1.98. The first kappa shape index (κ1) is 28.2. The summed E-state index contributed by atoms with van der Waals surface area (Å²) >= 11 is 1.44. The molecule has 1 saturated carbocycles. The van der Waals surface area contributed by atoms with Crippen LogP contribution in [0.15, 0.2) is 70.5 Å². The minimum Gasteiger partial charge on any atom is -0.493 e. The Labute approximate surface area is 239 Å². The Kier molecular flexibility index (Phi) is 8.46. The second-order valence-corrected chi connectivity index (χ2v) is 13.3. The van der Waals surface area contributed by atoms with Gasteiger partial charge in [0.05, 0.1) is 30.6 Å². The lowest BCUT2D eigenvalue weighted by Gasteiger charge is -2.22. The number of hydrogen-bond acceptors (Lipinski definition) is 8. The van der Waals surface area contributed by atoms with Crippen LogP contribution in [-0.4, -0.2) is 39.8 Å². The van der Waals surface area contributed by atoms with Crippen molar-refractivity contribution in [2.75, 3.05) is 25.3 Å². The monoisotopic (exact) mass is 582 g/mol. The molecule has 2 N–H and O–H groups in total. The predicted molar refractivity (Wildman–Crippen MR) is 156 cm³/mol. The Balaban J connectivity index is 1.37. The van der Waals surface area contributed by atoms with Gasteiger partial charge in [-0.05, 0) is 54.7 Å². The molecule has 1 aliphatic carbocycles. The van der Waals surface area contributed by atoms with Crippen LogP contribution in [0.25, 0.3) is 0 Å². The standard InChI is InChI=1S/C30H34N2O6S2/c1-4-40(34,35)23-15-11-21(12-16-23)28(38-22-13-9-20(10-14-22)19-7-5-6-8-19)29(33)32-30-31-24-17-25(36-2)26(37-3)18-27(24)39-30/h9-19,28,30-31H,4-8H2,1-3H3,(H,32,33). The average molecular weight is 583 g/mol. The zero-order chi connectivity index (χ0) is 28.3. The maximum atomic E-state index is 13.7. The summed E-state index contributed by atoms with van der Waals surface area (Å²) < 4.78 is 41.7. The van der Waals surface area contributed by atoms with Crippen molar-refractivity contribution in [1.29, 1.82) is 0 Å². The van der Waals surface area contributed by atoms with Gasteiger partial charge < -0.3 is 24.8 Å². The van der Waals surface area contributed by atoms with E-state index in [4.69, 9.17) is 14.2 Å². The van der Waals surface area contributed by atoms with Crippen molar-refractivity contribution in [2.24, 2.45) is 0 Å². The highest BCUT2D eigenvalue weighted by Gasteiger charge is 2.30. The number of methoxy groups -OCH3 is 2. The number of sulfone groups is 1. The molecule has 2 aliphatic rings. The molecule has 0 spiro atoms. The number of carbonyl (C=O) groups is 1. The molecule has 1 heterocycles. The van der Waals surface area contributed by atoms with Gasteiger partial charge in [0.15, 0.2) is 26.8 Å². The molecule has 1 fully saturated rings. The maximum absolute atomic E-state index is 13.7. The highest BCUT2D eigenvalue weighted by atomic mass is 32.2. The van der Waals surface area contributed by atoms with Crippen molar-refractivity contribution in [3.63, 3.8) is 0 Å². The average Bonchev–Trinajstić information content (AvgIpc) is 3.65. The quantitative estimate of drug-likeness (QED) is 0.305. The largest absolute Gasteiger partial charge is 0.493 e. The van der Waals surface area contributed by atoms with E-state index < -0.39 is 21.4 Å². The van der Waals surface area contributed by atoms with Crippen molar-refractivity contribution in [3.8, 4) is 17.2 Å². The zero-order valence-electron chi connectivity index (χ0n) is 22.8. The first-order valence-corrected chi connectivity index (χ1v) is 15.9. The molecule has 2 unspecified atom stereocenters. The minimum absolute atomic E-state index is 0.000801. The molecule has 0 aromatic heterocycles. The van der Waals surface area contributed by atoms with E-state index in [-0.39, 0.29) is 16.6 Å². The van der Waals surface area contributed by atoms with Crippen molar-refractivity contribution in [3.05, 3.63) is 71.8 Å². The third-order valence-electron chi connectivity index (χ3n) is 7.41. The molecule has 3 aromatic carbocycles. The van der Waals surface area contributed by atoms with Crippen LogP contribution < -0.4 is 24.8 Å². The summed E-state index contributed by atoms with van der Waals surface area (Å²) in [7, 11) is -0.215. The van der Waals surface area contributed by atoms with Gasteiger partial charge in [0.2, 0.25) is 6.10 Å². The number of rotatable bonds is 10. The lowest BCUT2D eigenvalue weighted by molar-refractivity contribution is -0.128. The number of thioether (sulfide) groups is 1. The summed E-state index contributed by atoms with van der Waals surface area (Å²) in [6.07, 6.45) is 3.91. The lowest BCUT2D eigenvalue weighted by Crippen LogP contribution is -2.40. The molecule has 8 nitrogen and oxygen atoms in total. The molecule has 212 valence electrons. The summed E-state index contributed by atoms with van der Waals surface area (Å²) in [5.41, 5.74) is 2.21. The van der Waals surface area contributed by atoms with Crippen LogP contribution in [-0.2, 0) is 14.6 Å². The fraction of sp³-hybridized carbons (Fsp3) is 0.367. The first-order chi connectivity index (χ1) is 19.3. The number of benzene rings is 3. The van der Waals surface area contributed by atoms with Gasteiger partial charge >= 0.3 is 0 Å². The van der Waals surface area contributed by atoms with Crippen LogP contribution in [0.4, 0.5) is 5.69 Å². The van der Waals surface area contributed by atoms with Gasteiger partial charge in [-0.25, -0.2) is 8.42 Å². The smallest absolute Gasteiger partial charge is 0.268 e. The SMILES string of the molecule is CCS(=O)(=O)c1ccc(C(Oc2ccc(C3CCCC3)cc2)C(=O)NC2Nc3cc(OC)c(OC)cc3S2)cc1. The highest BCUT2D eigenvalue weighted by molar-refractivity contribution is 8.00. The Morgan fingerprint density at radius 2 is 1.65 bits per heavy atom. The third kappa shape index (κ3) is 6.02. The Bertz CT molecular complexity index is 1420. The molecule has 5 rings (SSSR count). The summed E-state index contributed by atoms with van der Waals surface area (Å²) in [5, 5.41) is 6.32. The molecule has 1 amide bonds. The molecule has 40 heavy (non-hydrogen) atoms. The Hall–Kier alpha value is -3.37. The van der Waals surface area contributed by atoms with Gasteiger partial charge in [0.1, 0.15) is 5.75 Å². The van der Waals surface area contributed by atoms with E-state index in [1.807, 2.05) is 24.3 Å². The van der Waals surface area contributed by atoms with Gasteiger partial charge in [0, 0.05) is 16.5 Å². The number of carbonyl (C=O) groups excluding carboxylic acids is 1. The number of ether oxygens (including phenoxy) is 3. The molecular formula is C30H34N2O6S2. The van der Waals surface area contributed by atoms with E-state index in [0.29, 0.717) is 28.7 Å². The first-order valence-electron chi connectivity index (χ1n) is 13.4. The fourth-order valence-electron chi connectivity index (χ4n) is 5.14. The summed E-state index contributed by atoms with van der Waals surface area (Å²) in [6.45, 7) is 1.60. The predicted octanol–water partition coefficient (Wildman–Crippen LogP) is 5.89. The lowest BCUT2D eigenvalue weighted by atomic mass is 9.98. The Morgan fingerprint density at radius 1 is 1.00 bits per heavy atom. The molecule has 0 bridgehead atoms. The van der Waals surface area contributed by atoms with Crippen LogP contribution in [0.3, 0.4) is 0 Å². The van der Waals surface area contributed by atoms with Gasteiger partial charge in [-0.15, -0.1) is 0 Å². The summed E-state index contributed by atoms with van der Waals surface area (Å²) in [6, 6.07) is 18.0. The van der Waals surface area contributed by atoms with Gasteiger partial charge in [-0.2, -0.15) is 0 Å². The van der Waals surface area contributed by atoms with Crippen LogP contribution in [0.5, 0.6) is 17.2 Å². The minimum atomic E-state index is -3.37. The number of amides is 1. The van der Waals surface area contributed by atoms with E-state index in [1.165, 1.54) is 55.1 Å². The zero-order valence-corrected chi connectivity index (χ0v) is 24.4. The fourth-order valence-corrected chi connectivity index (χ4v) is 7.06. The van der Waals surface area contributed by atoms with Crippen molar-refractivity contribution in [2.45, 2.75) is 59.9 Å². The van der Waals surface area contributed by atoms with Crippen molar-refractivity contribution < 1.29 is 27.4 Å². The van der Waals surface area contributed by atoms with Crippen LogP contribution in [0.2, 0.25) is 0 Å². The van der Waals surface area contributed by atoms with E-state index in [0.717, 1.165) is 10.6 Å². The normalized spacial score (nSPS) is 17.5. The van der Waals surface area contributed by atoms with Gasteiger partial charge in [0.25, 0.3) is 5.91 Å². The summed E-state index contributed by atoms with van der Waals surface area (Å²) in [4.78, 5) is 14.8. The van der Waals surface area contributed by atoms with Crippen LogP contribution in [0, 0.1) is 0 Å². The number of anilines is 1. The molecule has 0 saturated heterocycles. The highest BCUT2D eigenvalue weighted by Crippen LogP contribution is 2.44. The van der Waals surface area contributed by atoms with Gasteiger partial charge in [-0.1, -0.05) is 55.8 Å². The molecule has 0 radical (unpaired) electrons. The van der Waals surface area contributed by atoms with E-state index in [1.54, 1.807) is 33.3 Å². The molecular weight excluding hydrogens is 548 g/mol. The third-order valence-corrected chi connectivity index (χ3v) is 10.2. The van der Waals surface area contributed by atoms with E-state index in [9.17, 15) is 13.2 Å². The maximum Gasteiger partial charge on any atom is 0.268 e. The number of nitrogens with one attached hydrogen (secondary N) is 2. The molecule has 3 aromatic rings. The number of fused-ring (bicyclic) bond motifs is 1. The molecule has 10 heteroatoms. The van der Waals surface area contributed by atoms with Crippen LogP contribution in [0.1, 0.15) is 55.8 Å². The second-order valence-electron chi connectivity index (χ2n) is 9.87. The van der Waals surface area contributed by atoms with E-state index in [2.05, 4.69) is 22.8 Å². The van der Waals surface area contributed by atoms with Crippen LogP contribution >= 0.6 is 11.8 Å². The van der Waals surface area contributed by atoms with Crippen molar-refractivity contribution in [1.82, 2.24) is 5.32 Å². The Morgan fingerprint density at radius 3 is 2.27 bits per heavy atom.